The molecule has 19 heavy (non-hydrogen) atoms. The van der Waals surface area contributed by atoms with Crippen molar-refractivity contribution < 1.29 is 4.92 Å². The standard InChI is InChI=1S/C11H13N5O2S/c1-3-12-10-5-4-9(16(17)18)11(14-10)19-8-6-13-15(2)7-8/h4-7H,3H2,1-2H3,(H,12,14). The van der Waals surface area contributed by atoms with Crippen LogP contribution in [0.3, 0.4) is 0 Å². The van der Waals surface area contributed by atoms with E-state index < -0.39 is 4.92 Å². The number of nitrogens with zero attached hydrogens (tertiary/aromatic N) is 4. The molecule has 7 nitrogen and oxygen atoms in total. The van der Waals surface area contributed by atoms with Crippen LogP contribution in [0.15, 0.2) is 34.4 Å². The molecule has 100 valence electrons. The molecule has 0 unspecified atom stereocenters. The van der Waals surface area contributed by atoms with E-state index in [2.05, 4.69) is 15.4 Å². The summed E-state index contributed by atoms with van der Waals surface area (Å²) < 4.78 is 1.64. The van der Waals surface area contributed by atoms with Crippen LogP contribution in [0.2, 0.25) is 0 Å². The first-order chi connectivity index (χ1) is 9.10. The number of anilines is 1. The third-order valence-corrected chi connectivity index (χ3v) is 3.23. The number of hydrogen-bond acceptors (Lipinski definition) is 6. The monoisotopic (exact) mass is 279 g/mol. The van der Waals surface area contributed by atoms with Crippen molar-refractivity contribution >= 4 is 23.3 Å². The highest BCUT2D eigenvalue weighted by atomic mass is 32.2. The molecule has 0 amide bonds. The van der Waals surface area contributed by atoms with Gasteiger partial charge in [0.05, 0.1) is 16.0 Å². The molecule has 0 fully saturated rings. The molecule has 1 N–H and O–H groups in total. The summed E-state index contributed by atoms with van der Waals surface area (Å²) in [6.45, 7) is 2.65. The molecule has 2 aromatic heterocycles. The second-order valence-corrected chi connectivity index (χ2v) is 4.82. The van der Waals surface area contributed by atoms with E-state index in [0.717, 1.165) is 4.90 Å². The highest BCUT2D eigenvalue weighted by Crippen LogP contribution is 2.33. The summed E-state index contributed by atoms with van der Waals surface area (Å²) in [4.78, 5) is 15.6. The Morgan fingerprint density at radius 2 is 2.32 bits per heavy atom. The fourth-order valence-corrected chi connectivity index (χ4v) is 2.41. The van der Waals surface area contributed by atoms with Crippen molar-refractivity contribution in [2.45, 2.75) is 16.8 Å². The predicted octanol–water partition coefficient (Wildman–Crippen LogP) is 2.31. The van der Waals surface area contributed by atoms with Crippen LogP contribution in [0.1, 0.15) is 6.92 Å². The third kappa shape index (κ3) is 3.22. The van der Waals surface area contributed by atoms with E-state index in [1.54, 1.807) is 30.2 Å². The van der Waals surface area contributed by atoms with Crippen LogP contribution in [0.5, 0.6) is 0 Å². The molecule has 0 bridgehead atoms. The summed E-state index contributed by atoms with van der Waals surface area (Å²) in [5, 5.41) is 18.4. The van der Waals surface area contributed by atoms with Crippen molar-refractivity contribution in [2.75, 3.05) is 11.9 Å². The summed E-state index contributed by atoms with van der Waals surface area (Å²) >= 11 is 1.23. The summed E-state index contributed by atoms with van der Waals surface area (Å²) in [7, 11) is 1.79. The Hall–Kier alpha value is -2.09. The summed E-state index contributed by atoms with van der Waals surface area (Å²) in [6, 6.07) is 3.07. The van der Waals surface area contributed by atoms with Gasteiger partial charge in [-0.2, -0.15) is 5.10 Å². The number of nitro groups is 1. The highest BCUT2D eigenvalue weighted by Gasteiger charge is 2.17. The second kappa shape index (κ2) is 5.70. The van der Waals surface area contributed by atoms with Gasteiger partial charge in [0, 0.05) is 25.9 Å². The van der Waals surface area contributed by atoms with Gasteiger partial charge in [0.2, 0.25) is 0 Å². The molecule has 0 radical (unpaired) electrons. The van der Waals surface area contributed by atoms with Gasteiger partial charge in [-0.15, -0.1) is 0 Å². The van der Waals surface area contributed by atoms with E-state index in [1.807, 2.05) is 6.92 Å². The first-order valence-corrected chi connectivity index (χ1v) is 6.47. The Balaban J connectivity index is 2.34. The Kier molecular flexibility index (Phi) is 4.00. The lowest BCUT2D eigenvalue weighted by Gasteiger charge is -2.05. The van der Waals surface area contributed by atoms with Crippen molar-refractivity contribution in [3.05, 3.63) is 34.6 Å². The molecule has 8 heteroatoms. The molecular weight excluding hydrogens is 266 g/mol. The van der Waals surface area contributed by atoms with Crippen molar-refractivity contribution in [2.24, 2.45) is 7.05 Å². The van der Waals surface area contributed by atoms with Gasteiger partial charge in [-0.3, -0.25) is 14.8 Å². The summed E-state index contributed by atoms with van der Waals surface area (Å²) in [5.41, 5.74) is -0.00416. The van der Waals surface area contributed by atoms with E-state index in [4.69, 9.17) is 0 Å². The Morgan fingerprint density at radius 3 is 2.89 bits per heavy atom. The Labute approximate surface area is 114 Å². The summed E-state index contributed by atoms with van der Waals surface area (Å²) in [6.07, 6.45) is 3.44. The number of rotatable bonds is 5. The van der Waals surface area contributed by atoms with Crippen LogP contribution in [0.4, 0.5) is 11.5 Å². The van der Waals surface area contributed by atoms with Crippen LogP contribution in [0, 0.1) is 10.1 Å². The Bertz CT molecular complexity index is 599. The minimum absolute atomic E-state index is 0.00416. The topological polar surface area (TPSA) is 85.9 Å². The largest absolute Gasteiger partial charge is 0.370 e. The zero-order valence-electron chi connectivity index (χ0n) is 10.5. The number of pyridine rings is 1. The molecule has 2 rings (SSSR count). The Morgan fingerprint density at radius 1 is 1.53 bits per heavy atom. The smallest absolute Gasteiger partial charge is 0.301 e. The fourth-order valence-electron chi connectivity index (χ4n) is 1.49. The molecule has 0 saturated heterocycles. The quantitative estimate of drug-likeness (QED) is 0.667. The van der Waals surface area contributed by atoms with Crippen LogP contribution in [0.25, 0.3) is 0 Å². The minimum Gasteiger partial charge on any atom is -0.370 e. The number of aromatic nitrogens is 3. The van der Waals surface area contributed by atoms with Crippen LogP contribution in [-0.2, 0) is 7.05 Å². The molecule has 0 atom stereocenters. The maximum absolute atomic E-state index is 11.0. The molecule has 0 aliphatic heterocycles. The van der Waals surface area contributed by atoms with Crippen LogP contribution >= 0.6 is 11.8 Å². The van der Waals surface area contributed by atoms with Gasteiger partial charge in [-0.1, -0.05) is 11.8 Å². The molecule has 0 spiro atoms. The van der Waals surface area contributed by atoms with Gasteiger partial charge in [-0.05, 0) is 13.0 Å². The summed E-state index contributed by atoms with van der Waals surface area (Å²) in [5.74, 6) is 0.625. The van der Waals surface area contributed by atoms with Gasteiger partial charge in [0.15, 0.2) is 5.03 Å². The minimum atomic E-state index is -0.429. The molecular formula is C11H13N5O2S. The van der Waals surface area contributed by atoms with Crippen molar-refractivity contribution in [1.29, 1.82) is 0 Å². The molecule has 2 aromatic rings. The molecule has 0 aliphatic carbocycles. The molecule has 2 heterocycles. The van der Waals surface area contributed by atoms with E-state index in [1.165, 1.54) is 17.8 Å². The van der Waals surface area contributed by atoms with Gasteiger partial charge < -0.3 is 5.32 Å². The highest BCUT2D eigenvalue weighted by molar-refractivity contribution is 7.99. The molecule has 0 aromatic carbocycles. The number of hydrogen-bond donors (Lipinski definition) is 1. The number of nitrogens with one attached hydrogen (secondary N) is 1. The second-order valence-electron chi connectivity index (χ2n) is 3.76. The van der Waals surface area contributed by atoms with Crippen molar-refractivity contribution in [1.82, 2.24) is 14.8 Å². The lowest BCUT2D eigenvalue weighted by atomic mass is 10.4. The zero-order valence-corrected chi connectivity index (χ0v) is 11.3. The van der Waals surface area contributed by atoms with Crippen LogP contribution in [-0.4, -0.2) is 26.2 Å². The van der Waals surface area contributed by atoms with Gasteiger partial charge in [0.25, 0.3) is 0 Å². The molecule has 0 saturated carbocycles. The first-order valence-electron chi connectivity index (χ1n) is 5.66. The number of aryl methyl sites for hydroxylation is 1. The van der Waals surface area contributed by atoms with Gasteiger partial charge in [-0.25, -0.2) is 4.98 Å². The van der Waals surface area contributed by atoms with Crippen molar-refractivity contribution in [3.8, 4) is 0 Å². The zero-order chi connectivity index (χ0) is 13.8. The SMILES string of the molecule is CCNc1ccc([N+](=O)[O-])c(Sc2cnn(C)c2)n1. The van der Waals surface area contributed by atoms with Crippen LogP contribution < -0.4 is 5.32 Å². The van der Waals surface area contributed by atoms with E-state index in [0.29, 0.717) is 17.4 Å². The van der Waals surface area contributed by atoms with Gasteiger partial charge >= 0.3 is 5.69 Å². The predicted molar refractivity (Wildman–Crippen MR) is 72.4 cm³/mol. The first kappa shape index (κ1) is 13.3. The van der Waals surface area contributed by atoms with Gasteiger partial charge in [0.1, 0.15) is 5.82 Å². The maximum atomic E-state index is 11.0. The van der Waals surface area contributed by atoms with E-state index >= 15 is 0 Å². The molecule has 0 aliphatic rings. The average molecular weight is 279 g/mol. The average Bonchev–Trinajstić information content (AvgIpc) is 2.75. The third-order valence-electron chi connectivity index (χ3n) is 2.29. The van der Waals surface area contributed by atoms with E-state index in [9.17, 15) is 10.1 Å². The lowest BCUT2D eigenvalue weighted by molar-refractivity contribution is -0.388. The lowest BCUT2D eigenvalue weighted by Crippen LogP contribution is -2.01. The normalized spacial score (nSPS) is 10.4. The van der Waals surface area contributed by atoms with E-state index in [-0.39, 0.29) is 5.69 Å². The fraction of sp³-hybridized carbons (Fsp3) is 0.273. The van der Waals surface area contributed by atoms with Crippen molar-refractivity contribution in [3.63, 3.8) is 0 Å². The maximum Gasteiger partial charge on any atom is 0.301 e.